The van der Waals surface area contributed by atoms with Crippen LogP contribution >= 0.6 is 11.6 Å². The van der Waals surface area contributed by atoms with Crippen molar-refractivity contribution in [1.82, 2.24) is 9.97 Å². The molecular weight excluding hydrogens is 480 g/mol. The molecule has 0 unspecified atom stereocenters. The Morgan fingerprint density at radius 1 is 1.03 bits per heavy atom. The van der Waals surface area contributed by atoms with Crippen LogP contribution in [0.1, 0.15) is 33.2 Å². The van der Waals surface area contributed by atoms with E-state index in [1.807, 2.05) is 49.4 Å². The number of carbonyl (C=O) groups excluding carboxylic acids is 2. The summed E-state index contributed by atoms with van der Waals surface area (Å²) in [6.45, 7) is 1.95. The number of hydrogen-bond acceptors (Lipinski definition) is 7. The molecule has 36 heavy (non-hydrogen) atoms. The Balaban J connectivity index is 1.59. The monoisotopic (exact) mass is 502 g/mol. The number of nitrogens with zero attached hydrogens (tertiary/aromatic N) is 2. The largest absolute Gasteiger partial charge is 0.458 e. The maximum absolute atomic E-state index is 13.2. The highest BCUT2D eigenvalue weighted by molar-refractivity contribution is 6.29. The second-order valence-electron chi connectivity index (χ2n) is 7.92. The lowest BCUT2D eigenvalue weighted by Gasteiger charge is -2.19. The van der Waals surface area contributed by atoms with Crippen molar-refractivity contribution >= 4 is 35.0 Å². The number of esters is 1. The van der Waals surface area contributed by atoms with Gasteiger partial charge < -0.3 is 20.5 Å². The number of aryl methyl sites for hydroxylation is 1. The van der Waals surface area contributed by atoms with Crippen LogP contribution in [-0.2, 0) is 16.1 Å². The van der Waals surface area contributed by atoms with Crippen molar-refractivity contribution in [1.29, 1.82) is 0 Å². The van der Waals surface area contributed by atoms with Crippen LogP contribution in [0, 0.1) is 6.92 Å². The quantitative estimate of drug-likeness (QED) is 0.320. The van der Waals surface area contributed by atoms with Crippen LogP contribution in [0.4, 0.5) is 11.5 Å². The number of halogens is 1. The summed E-state index contributed by atoms with van der Waals surface area (Å²) in [4.78, 5) is 33.8. The number of nitrogens with one attached hydrogen (secondary N) is 1. The van der Waals surface area contributed by atoms with Crippen LogP contribution in [-0.4, -0.2) is 21.8 Å². The zero-order valence-corrected chi connectivity index (χ0v) is 20.1. The summed E-state index contributed by atoms with van der Waals surface area (Å²) in [7, 11) is 0. The van der Waals surface area contributed by atoms with Gasteiger partial charge in [0.25, 0.3) is 11.8 Å². The first kappa shape index (κ1) is 24.7. The number of aromatic nitrogens is 2. The fraction of sp³-hybridized carbons (Fsp3) is 0.111. The molecule has 0 spiro atoms. The molecule has 0 radical (unpaired) electrons. The second-order valence-corrected chi connectivity index (χ2v) is 8.31. The summed E-state index contributed by atoms with van der Waals surface area (Å²) in [5.74, 6) is -1.12. The molecule has 1 aromatic heterocycles. The zero-order chi connectivity index (χ0) is 25.5. The molecule has 0 aliphatic carbocycles. The van der Waals surface area contributed by atoms with Crippen LogP contribution in [0.15, 0.2) is 85.1 Å². The molecule has 1 amide bonds. The number of hydrogen-bond donors (Lipinski definition) is 2. The van der Waals surface area contributed by atoms with Crippen molar-refractivity contribution < 1.29 is 19.1 Å². The van der Waals surface area contributed by atoms with E-state index in [1.54, 1.807) is 36.4 Å². The average Bonchev–Trinajstić information content (AvgIpc) is 2.88. The van der Waals surface area contributed by atoms with Gasteiger partial charge >= 0.3 is 5.97 Å². The Kier molecular flexibility index (Phi) is 7.77. The van der Waals surface area contributed by atoms with Gasteiger partial charge in [0.2, 0.25) is 6.10 Å². The molecule has 0 aliphatic rings. The van der Waals surface area contributed by atoms with Gasteiger partial charge in [0.1, 0.15) is 6.61 Å². The van der Waals surface area contributed by atoms with E-state index in [-0.39, 0.29) is 29.4 Å². The van der Waals surface area contributed by atoms with E-state index in [0.717, 1.165) is 11.1 Å². The zero-order valence-electron chi connectivity index (χ0n) is 19.4. The second kappa shape index (κ2) is 11.3. The number of rotatable bonds is 8. The van der Waals surface area contributed by atoms with Gasteiger partial charge in [-0.1, -0.05) is 71.8 Å². The molecule has 1 atom stereocenters. The molecule has 3 aromatic carbocycles. The fourth-order valence-corrected chi connectivity index (χ4v) is 3.51. The molecule has 3 N–H and O–H groups in total. The van der Waals surface area contributed by atoms with Crippen LogP contribution in [0.2, 0.25) is 5.15 Å². The fourth-order valence-electron chi connectivity index (χ4n) is 3.39. The predicted molar refractivity (Wildman–Crippen MR) is 137 cm³/mol. The predicted octanol–water partition coefficient (Wildman–Crippen LogP) is 5.14. The standard InChI is InChI=1S/C27H23ClN4O4/c1-17-7-5-11-20(13-17)25(33)31-21-12-6-10-19(14-21)23(36-26-24(29)30-15-22(28)32-26)27(34)35-16-18-8-3-2-4-9-18/h2-15,23H,16H2,1H3,(H2,29,30)(H,31,33)/t23-/m1/s1. The third-order valence-electron chi connectivity index (χ3n) is 5.13. The van der Waals surface area contributed by atoms with E-state index in [2.05, 4.69) is 15.3 Å². The van der Waals surface area contributed by atoms with E-state index < -0.39 is 12.1 Å². The smallest absolute Gasteiger partial charge is 0.352 e. The van der Waals surface area contributed by atoms with Crippen LogP contribution < -0.4 is 15.8 Å². The van der Waals surface area contributed by atoms with Gasteiger partial charge in [0.05, 0.1) is 6.20 Å². The minimum Gasteiger partial charge on any atom is -0.458 e. The Bertz CT molecular complexity index is 1380. The van der Waals surface area contributed by atoms with Gasteiger partial charge in [-0.15, -0.1) is 0 Å². The minimum absolute atomic E-state index is 0.0378. The number of carbonyl (C=O) groups is 2. The highest BCUT2D eigenvalue weighted by atomic mass is 35.5. The Labute approximate surface area is 213 Å². The Morgan fingerprint density at radius 2 is 1.81 bits per heavy atom. The number of nitrogen functional groups attached to an aromatic ring is 1. The number of amides is 1. The molecule has 1 heterocycles. The van der Waals surface area contributed by atoms with Gasteiger partial charge in [-0.2, -0.15) is 4.98 Å². The number of benzene rings is 3. The molecular formula is C27H23ClN4O4. The maximum Gasteiger partial charge on any atom is 0.352 e. The van der Waals surface area contributed by atoms with Crippen molar-refractivity contribution in [3.8, 4) is 5.88 Å². The Hall–Kier alpha value is -4.43. The normalized spacial score (nSPS) is 11.4. The molecule has 4 rings (SSSR count). The molecule has 0 aliphatic heterocycles. The minimum atomic E-state index is -1.25. The lowest BCUT2D eigenvalue weighted by atomic mass is 10.1. The van der Waals surface area contributed by atoms with E-state index in [0.29, 0.717) is 16.8 Å². The van der Waals surface area contributed by atoms with Gasteiger partial charge in [-0.3, -0.25) is 4.79 Å². The first-order valence-corrected chi connectivity index (χ1v) is 11.4. The van der Waals surface area contributed by atoms with Gasteiger partial charge in [-0.05, 0) is 36.8 Å². The molecule has 0 saturated carbocycles. The van der Waals surface area contributed by atoms with Crippen molar-refractivity contribution in [2.24, 2.45) is 0 Å². The third kappa shape index (κ3) is 6.37. The van der Waals surface area contributed by atoms with Crippen molar-refractivity contribution in [3.63, 3.8) is 0 Å². The molecule has 0 fully saturated rings. The van der Waals surface area contributed by atoms with Crippen LogP contribution in [0.3, 0.4) is 0 Å². The SMILES string of the molecule is Cc1cccc(C(=O)Nc2cccc([C@@H](Oc3nc(Cl)cnc3N)C(=O)OCc3ccccc3)c2)c1. The lowest BCUT2D eigenvalue weighted by molar-refractivity contribution is -0.153. The van der Waals surface area contributed by atoms with E-state index in [9.17, 15) is 9.59 Å². The van der Waals surface area contributed by atoms with Crippen LogP contribution in [0.25, 0.3) is 0 Å². The average molecular weight is 503 g/mol. The highest BCUT2D eigenvalue weighted by Gasteiger charge is 2.27. The number of anilines is 2. The topological polar surface area (TPSA) is 116 Å². The number of nitrogens with two attached hydrogens (primary N) is 1. The molecule has 0 bridgehead atoms. The van der Waals surface area contributed by atoms with E-state index in [4.69, 9.17) is 26.8 Å². The third-order valence-corrected chi connectivity index (χ3v) is 5.31. The first-order valence-electron chi connectivity index (χ1n) is 11.0. The lowest BCUT2D eigenvalue weighted by Crippen LogP contribution is -2.23. The summed E-state index contributed by atoms with van der Waals surface area (Å²) in [6.07, 6.45) is 0.0214. The van der Waals surface area contributed by atoms with Crippen LogP contribution in [0.5, 0.6) is 5.88 Å². The molecule has 182 valence electrons. The van der Waals surface area contributed by atoms with Gasteiger partial charge in [0.15, 0.2) is 11.0 Å². The molecule has 8 nitrogen and oxygen atoms in total. The summed E-state index contributed by atoms with van der Waals surface area (Å²) < 4.78 is 11.4. The van der Waals surface area contributed by atoms with E-state index >= 15 is 0 Å². The highest BCUT2D eigenvalue weighted by Crippen LogP contribution is 2.28. The number of ether oxygens (including phenoxy) is 2. The molecule has 4 aromatic rings. The van der Waals surface area contributed by atoms with Crippen molar-refractivity contribution in [2.75, 3.05) is 11.1 Å². The summed E-state index contributed by atoms with van der Waals surface area (Å²) in [6, 6.07) is 23.2. The summed E-state index contributed by atoms with van der Waals surface area (Å²) in [5, 5.41) is 2.89. The molecule has 0 saturated heterocycles. The Morgan fingerprint density at radius 3 is 2.58 bits per heavy atom. The van der Waals surface area contributed by atoms with Crippen molar-refractivity contribution in [3.05, 3.63) is 112 Å². The van der Waals surface area contributed by atoms with Gasteiger partial charge in [-0.25, -0.2) is 9.78 Å². The van der Waals surface area contributed by atoms with E-state index in [1.165, 1.54) is 6.20 Å². The van der Waals surface area contributed by atoms with Crippen molar-refractivity contribution in [2.45, 2.75) is 19.6 Å². The molecule has 9 heteroatoms. The summed E-state index contributed by atoms with van der Waals surface area (Å²) in [5.41, 5.74) is 9.05. The maximum atomic E-state index is 13.2. The van der Waals surface area contributed by atoms with Gasteiger partial charge in [0, 0.05) is 16.8 Å². The first-order chi connectivity index (χ1) is 17.4. The summed E-state index contributed by atoms with van der Waals surface area (Å²) >= 11 is 5.95.